The SMILES string of the molecule is CCN(CC)C1=CC(=O)c2nc(C)nc3cccc1c23. The summed E-state index contributed by atoms with van der Waals surface area (Å²) in [5.41, 5.74) is 3.40. The lowest BCUT2D eigenvalue weighted by atomic mass is 9.95. The number of allylic oxidation sites excluding steroid dienone is 1. The third-order valence-corrected chi connectivity index (χ3v) is 3.72. The van der Waals surface area contributed by atoms with Crippen LogP contribution in [0.5, 0.6) is 0 Å². The first-order valence-corrected chi connectivity index (χ1v) is 6.94. The fourth-order valence-corrected chi connectivity index (χ4v) is 2.79. The molecule has 0 saturated heterocycles. The summed E-state index contributed by atoms with van der Waals surface area (Å²) in [7, 11) is 0. The number of ketones is 1. The Morgan fingerprint density at radius 1 is 1.15 bits per heavy atom. The predicted molar refractivity (Wildman–Crippen MR) is 79.5 cm³/mol. The van der Waals surface area contributed by atoms with E-state index in [0.717, 1.165) is 35.3 Å². The van der Waals surface area contributed by atoms with Gasteiger partial charge in [0.1, 0.15) is 11.5 Å². The summed E-state index contributed by atoms with van der Waals surface area (Å²) >= 11 is 0. The van der Waals surface area contributed by atoms with Gasteiger partial charge in [-0.15, -0.1) is 0 Å². The first kappa shape index (κ1) is 12.8. The highest BCUT2D eigenvalue weighted by atomic mass is 16.1. The number of carbonyl (C=O) groups excluding carboxylic acids is 1. The van der Waals surface area contributed by atoms with Gasteiger partial charge in [-0.25, -0.2) is 9.97 Å². The summed E-state index contributed by atoms with van der Waals surface area (Å²) in [4.78, 5) is 23.4. The summed E-state index contributed by atoms with van der Waals surface area (Å²) < 4.78 is 0. The van der Waals surface area contributed by atoms with Crippen LogP contribution in [0.4, 0.5) is 0 Å². The molecule has 1 heterocycles. The van der Waals surface area contributed by atoms with Gasteiger partial charge in [-0.3, -0.25) is 4.79 Å². The minimum atomic E-state index is -0.0268. The molecule has 1 aromatic heterocycles. The molecule has 0 bridgehead atoms. The molecule has 0 atom stereocenters. The van der Waals surface area contributed by atoms with Crippen LogP contribution >= 0.6 is 0 Å². The number of carbonyl (C=O) groups is 1. The van der Waals surface area contributed by atoms with Crippen LogP contribution in [0.2, 0.25) is 0 Å². The van der Waals surface area contributed by atoms with E-state index in [2.05, 4.69) is 28.7 Å². The van der Waals surface area contributed by atoms with E-state index >= 15 is 0 Å². The van der Waals surface area contributed by atoms with Crippen molar-refractivity contribution in [3.8, 4) is 0 Å². The van der Waals surface area contributed by atoms with E-state index in [0.29, 0.717) is 11.5 Å². The van der Waals surface area contributed by atoms with E-state index in [1.807, 2.05) is 25.1 Å². The fourth-order valence-electron chi connectivity index (χ4n) is 2.79. The van der Waals surface area contributed by atoms with E-state index < -0.39 is 0 Å². The van der Waals surface area contributed by atoms with Crippen LogP contribution in [0.1, 0.15) is 35.7 Å². The molecule has 0 amide bonds. The van der Waals surface area contributed by atoms with Gasteiger partial charge in [0.15, 0.2) is 0 Å². The maximum Gasteiger partial charge on any atom is 0.207 e. The number of benzene rings is 1. The molecule has 1 aliphatic rings. The van der Waals surface area contributed by atoms with Crippen molar-refractivity contribution in [2.45, 2.75) is 20.8 Å². The van der Waals surface area contributed by atoms with Crippen molar-refractivity contribution in [2.75, 3.05) is 13.1 Å². The summed E-state index contributed by atoms with van der Waals surface area (Å²) in [6.07, 6.45) is 1.70. The van der Waals surface area contributed by atoms with Gasteiger partial charge < -0.3 is 4.90 Å². The molecule has 0 saturated carbocycles. The molecule has 0 N–H and O–H groups in total. The second kappa shape index (κ2) is 4.71. The maximum atomic E-state index is 12.4. The standard InChI is InChI=1S/C16H17N3O/c1-4-19(5-2)13-9-14(20)16-15-11(13)7-6-8-12(15)17-10(3)18-16/h6-9H,4-5H2,1-3H3. The second-order valence-corrected chi connectivity index (χ2v) is 4.89. The van der Waals surface area contributed by atoms with Crippen molar-refractivity contribution in [2.24, 2.45) is 0 Å². The normalized spacial score (nSPS) is 13.6. The quantitative estimate of drug-likeness (QED) is 0.858. The number of aryl methyl sites for hydroxylation is 1. The Morgan fingerprint density at radius 3 is 2.60 bits per heavy atom. The molecule has 0 aliphatic heterocycles. The molecule has 1 aromatic carbocycles. The largest absolute Gasteiger partial charge is 0.371 e. The summed E-state index contributed by atoms with van der Waals surface area (Å²) in [6.45, 7) is 7.74. The Hall–Kier alpha value is -2.23. The molecular weight excluding hydrogens is 250 g/mol. The van der Waals surface area contributed by atoms with E-state index in [-0.39, 0.29) is 5.78 Å². The molecule has 0 unspecified atom stereocenters. The van der Waals surface area contributed by atoms with Gasteiger partial charge in [0.25, 0.3) is 0 Å². The average Bonchev–Trinajstić information content (AvgIpc) is 2.44. The first-order valence-electron chi connectivity index (χ1n) is 6.94. The van der Waals surface area contributed by atoms with Gasteiger partial charge in [-0.05, 0) is 26.8 Å². The number of rotatable bonds is 3. The van der Waals surface area contributed by atoms with E-state index in [1.54, 1.807) is 6.08 Å². The second-order valence-electron chi connectivity index (χ2n) is 4.89. The van der Waals surface area contributed by atoms with Crippen LogP contribution in [0.25, 0.3) is 16.6 Å². The average molecular weight is 267 g/mol. The minimum Gasteiger partial charge on any atom is -0.371 e. The Bertz CT molecular complexity index is 730. The van der Waals surface area contributed by atoms with Crippen molar-refractivity contribution in [3.05, 3.63) is 41.4 Å². The van der Waals surface area contributed by atoms with Crippen LogP contribution in [0.3, 0.4) is 0 Å². The number of hydrogen-bond acceptors (Lipinski definition) is 4. The summed E-state index contributed by atoms with van der Waals surface area (Å²) in [5.74, 6) is 0.610. The van der Waals surface area contributed by atoms with Gasteiger partial charge in [0.2, 0.25) is 5.78 Å². The monoisotopic (exact) mass is 267 g/mol. The van der Waals surface area contributed by atoms with Gasteiger partial charge in [-0.1, -0.05) is 12.1 Å². The summed E-state index contributed by atoms with van der Waals surface area (Å²) in [5, 5.41) is 0.882. The predicted octanol–water partition coefficient (Wildman–Crippen LogP) is 2.82. The highest BCUT2D eigenvalue weighted by Gasteiger charge is 2.24. The van der Waals surface area contributed by atoms with Crippen molar-refractivity contribution >= 4 is 22.4 Å². The topological polar surface area (TPSA) is 46.1 Å². The smallest absolute Gasteiger partial charge is 0.207 e. The molecule has 0 radical (unpaired) electrons. The van der Waals surface area contributed by atoms with Crippen LogP contribution in [0.15, 0.2) is 24.3 Å². The zero-order chi connectivity index (χ0) is 14.3. The molecule has 2 aromatic rings. The highest BCUT2D eigenvalue weighted by Crippen LogP contribution is 2.33. The lowest BCUT2D eigenvalue weighted by molar-refractivity contribution is 0.104. The van der Waals surface area contributed by atoms with Crippen molar-refractivity contribution in [1.29, 1.82) is 0 Å². The van der Waals surface area contributed by atoms with Crippen LogP contribution in [-0.4, -0.2) is 33.7 Å². The van der Waals surface area contributed by atoms with E-state index in [1.165, 1.54) is 0 Å². The molecular formula is C16H17N3O. The zero-order valence-electron chi connectivity index (χ0n) is 12.0. The lowest BCUT2D eigenvalue weighted by Gasteiger charge is -2.27. The molecule has 0 fully saturated rings. The van der Waals surface area contributed by atoms with Crippen molar-refractivity contribution in [1.82, 2.24) is 14.9 Å². The molecule has 3 rings (SSSR count). The van der Waals surface area contributed by atoms with Crippen molar-refractivity contribution in [3.63, 3.8) is 0 Å². The van der Waals surface area contributed by atoms with E-state index in [9.17, 15) is 4.79 Å². The van der Waals surface area contributed by atoms with Crippen molar-refractivity contribution < 1.29 is 4.79 Å². The molecule has 4 nitrogen and oxygen atoms in total. The molecule has 4 heteroatoms. The number of nitrogens with zero attached hydrogens (tertiary/aromatic N) is 3. The zero-order valence-corrected chi connectivity index (χ0v) is 12.0. The third kappa shape index (κ3) is 1.80. The van der Waals surface area contributed by atoms with Gasteiger partial charge in [0.05, 0.1) is 5.52 Å². The maximum absolute atomic E-state index is 12.4. The summed E-state index contributed by atoms with van der Waals surface area (Å²) in [6, 6.07) is 5.97. The number of aromatic nitrogens is 2. The third-order valence-electron chi connectivity index (χ3n) is 3.72. The van der Waals surface area contributed by atoms with Crippen LogP contribution in [-0.2, 0) is 0 Å². The number of hydrogen-bond donors (Lipinski definition) is 0. The Morgan fingerprint density at radius 2 is 1.90 bits per heavy atom. The van der Waals surface area contributed by atoms with Gasteiger partial charge in [0, 0.05) is 35.8 Å². The highest BCUT2D eigenvalue weighted by molar-refractivity contribution is 6.19. The molecule has 20 heavy (non-hydrogen) atoms. The van der Waals surface area contributed by atoms with Gasteiger partial charge in [-0.2, -0.15) is 0 Å². The molecule has 102 valence electrons. The van der Waals surface area contributed by atoms with Gasteiger partial charge >= 0.3 is 0 Å². The molecule has 0 spiro atoms. The van der Waals surface area contributed by atoms with E-state index in [4.69, 9.17) is 0 Å². The van der Waals surface area contributed by atoms with Crippen LogP contribution in [0, 0.1) is 6.92 Å². The Kier molecular flexibility index (Phi) is 3.01. The minimum absolute atomic E-state index is 0.0268. The first-order chi connectivity index (χ1) is 9.65. The fraction of sp³-hybridized carbons (Fsp3) is 0.312. The Labute approximate surface area is 118 Å². The van der Waals surface area contributed by atoms with Crippen LogP contribution < -0.4 is 0 Å². The Balaban J connectivity index is 2.33. The molecule has 1 aliphatic carbocycles. The lowest BCUT2D eigenvalue weighted by Crippen LogP contribution is -2.24.